The quantitative estimate of drug-likeness (QED) is 0.845. The number of aromatic nitrogens is 1. The molecule has 1 aliphatic rings. The Balaban J connectivity index is 2.18. The summed E-state index contributed by atoms with van der Waals surface area (Å²) >= 11 is 6.34. The van der Waals surface area contributed by atoms with E-state index >= 15 is 0 Å². The molecule has 1 aromatic rings. The molecule has 0 unspecified atom stereocenters. The van der Waals surface area contributed by atoms with Crippen molar-refractivity contribution in [2.24, 2.45) is 0 Å². The minimum absolute atomic E-state index is 0.662. The van der Waals surface area contributed by atoms with Crippen LogP contribution in [0.25, 0.3) is 0 Å². The Hall–Kier alpha value is -0.800. The van der Waals surface area contributed by atoms with E-state index in [-0.39, 0.29) is 0 Å². The van der Waals surface area contributed by atoms with Crippen LogP contribution in [0.15, 0.2) is 12.3 Å². The molecule has 0 spiro atoms. The molecule has 0 atom stereocenters. The Kier molecular flexibility index (Phi) is 4.24. The number of hydrogen-bond acceptors (Lipinski definition) is 3. The van der Waals surface area contributed by atoms with Crippen LogP contribution in [-0.4, -0.2) is 24.6 Å². The summed E-state index contributed by atoms with van der Waals surface area (Å²) in [5.41, 5.74) is 1.13. The van der Waals surface area contributed by atoms with Gasteiger partial charge in [-0.15, -0.1) is 0 Å². The maximum atomic E-state index is 6.34. The van der Waals surface area contributed by atoms with Crippen LogP contribution >= 0.6 is 11.6 Å². The molecule has 94 valence electrons. The second-order valence-corrected chi connectivity index (χ2v) is 5.01. The number of pyridine rings is 1. The Morgan fingerprint density at radius 2 is 2.29 bits per heavy atom. The molecule has 3 nitrogen and oxygen atoms in total. The molecule has 0 amide bonds. The summed E-state index contributed by atoms with van der Waals surface area (Å²) in [7, 11) is 1.93. The summed E-state index contributed by atoms with van der Waals surface area (Å²) in [6.07, 6.45) is 5.60. The summed E-state index contributed by atoms with van der Waals surface area (Å²) in [5.74, 6) is 0.955. The van der Waals surface area contributed by atoms with Crippen LogP contribution in [0, 0.1) is 0 Å². The third-order valence-electron chi connectivity index (χ3n) is 2.98. The molecule has 1 aromatic heterocycles. The van der Waals surface area contributed by atoms with Crippen molar-refractivity contribution in [1.29, 1.82) is 0 Å². The lowest BCUT2D eigenvalue weighted by atomic mass is 10.2. The molecule has 17 heavy (non-hydrogen) atoms. The Bertz CT molecular complexity index is 377. The zero-order chi connectivity index (χ0) is 12.3. The molecular formula is C13H20ClN3. The molecule has 0 aromatic carbocycles. The van der Waals surface area contributed by atoms with Gasteiger partial charge in [-0.2, -0.15) is 0 Å². The van der Waals surface area contributed by atoms with Crippen LogP contribution in [0.5, 0.6) is 0 Å². The predicted molar refractivity (Wildman–Crippen MR) is 72.7 cm³/mol. The van der Waals surface area contributed by atoms with Gasteiger partial charge >= 0.3 is 0 Å². The first-order valence-corrected chi connectivity index (χ1v) is 6.69. The van der Waals surface area contributed by atoms with E-state index in [4.69, 9.17) is 11.6 Å². The molecule has 0 aliphatic heterocycles. The number of halogens is 1. The lowest BCUT2D eigenvalue weighted by Crippen LogP contribution is -2.27. The van der Waals surface area contributed by atoms with E-state index in [0.717, 1.165) is 35.9 Å². The number of rotatable bonds is 6. The van der Waals surface area contributed by atoms with Gasteiger partial charge < -0.3 is 10.2 Å². The maximum absolute atomic E-state index is 6.34. The van der Waals surface area contributed by atoms with Gasteiger partial charge in [0, 0.05) is 25.3 Å². The summed E-state index contributed by atoms with van der Waals surface area (Å²) in [4.78, 5) is 6.88. The van der Waals surface area contributed by atoms with E-state index < -0.39 is 0 Å². The smallest absolute Gasteiger partial charge is 0.147 e. The molecule has 4 heteroatoms. The Morgan fingerprint density at radius 1 is 1.53 bits per heavy atom. The number of nitrogens with one attached hydrogen (secondary N) is 1. The molecule has 1 N–H and O–H groups in total. The lowest BCUT2D eigenvalue weighted by molar-refractivity contribution is 0.747. The van der Waals surface area contributed by atoms with E-state index in [2.05, 4.69) is 22.1 Å². The Morgan fingerprint density at radius 3 is 2.82 bits per heavy atom. The van der Waals surface area contributed by atoms with Gasteiger partial charge in [0.25, 0.3) is 0 Å². The summed E-state index contributed by atoms with van der Waals surface area (Å²) in [5, 5.41) is 3.88. The van der Waals surface area contributed by atoms with E-state index in [1.54, 1.807) is 0 Å². The first-order valence-electron chi connectivity index (χ1n) is 6.32. The van der Waals surface area contributed by atoms with Gasteiger partial charge in [0.1, 0.15) is 5.82 Å². The minimum atomic E-state index is 0.662. The van der Waals surface area contributed by atoms with Crippen molar-refractivity contribution < 1.29 is 0 Å². The molecule has 2 rings (SSSR count). The molecule has 1 fully saturated rings. The Labute approximate surface area is 108 Å². The highest BCUT2D eigenvalue weighted by atomic mass is 35.5. The van der Waals surface area contributed by atoms with Crippen molar-refractivity contribution in [1.82, 2.24) is 10.3 Å². The van der Waals surface area contributed by atoms with Crippen LogP contribution < -0.4 is 10.2 Å². The number of anilines is 1. The molecule has 1 saturated carbocycles. The van der Waals surface area contributed by atoms with Gasteiger partial charge in [0.15, 0.2) is 0 Å². The van der Waals surface area contributed by atoms with Crippen molar-refractivity contribution in [3.05, 3.63) is 22.8 Å². The van der Waals surface area contributed by atoms with E-state index in [1.807, 2.05) is 19.3 Å². The van der Waals surface area contributed by atoms with Crippen molar-refractivity contribution in [2.75, 3.05) is 18.5 Å². The van der Waals surface area contributed by atoms with Gasteiger partial charge in [-0.05, 0) is 37.9 Å². The highest BCUT2D eigenvalue weighted by molar-refractivity contribution is 6.33. The zero-order valence-corrected chi connectivity index (χ0v) is 11.3. The molecule has 1 heterocycles. The van der Waals surface area contributed by atoms with Crippen LogP contribution in [0.2, 0.25) is 5.02 Å². The van der Waals surface area contributed by atoms with Crippen molar-refractivity contribution >= 4 is 17.4 Å². The van der Waals surface area contributed by atoms with E-state index in [0.29, 0.717) is 6.04 Å². The van der Waals surface area contributed by atoms with Crippen LogP contribution in [-0.2, 0) is 6.54 Å². The average molecular weight is 254 g/mol. The fourth-order valence-electron chi connectivity index (χ4n) is 2.07. The molecule has 0 bridgehead atoms. The third kappa shape index (κ3) is 3.11. The summed E-state index contributed by atoms with van der Waals surface area (Å²) in [6.45, 7) is 4.05. The van der Waals surface area contributed by atoms with Gasteiger partial charge in [-0.3, -0.25) is 0 Å². The standard InChI is InChI=1S/C13H20ClN3/c1-3-6-17(11-4-5-11)13-12(14)7-10(8-15-2)9-16-13/h7,9,11,15H,3-6,8H2,1-2H3. The van der Waals surface area contributed by atoms with Gasteiger partial charge in [0.2, 0.25) is 0 Å². The summed E-state index contributed by atoms with van der Waals surface area (Å²) < 4.78 is 0. The second-order valence-electron chi connectivity index (χ2n) is 4.60. The summed E-state index contributed by atoms with van der Waals surface area (Å²) in [6, 6.07) is 2.68. The van der Waals surface area contributed by atoms with E-state index in [9.17, 15) is 0 Å². The molecule has 0 saturated heterocycles. The van der Waals surface area contributed by atoms with Crippen LogP contribution in [0.4, 0.5) is 5.82 Å². The monoisotopic (exact) mass is 253 g/mol. The van der Waals surface area contributed by atoms with Gasteiger partial charge in [-0.1, -0.05) is 18.5 Å². The van der Waals surface area contributed by atoms with Crippen molar-refractivity contribution in [2.45, 2.75) is 38.8 Å². The highest BCUT2D eigenvalue weighted by Crippen LogP contribution is 2.34. The molecular weight excluding hydrogens is 234 g/mol. The second kappa shape index (κ2) is 5.69. The predicted octanol–water partition coefficient (Wildman–Crippen LogP) is 2.83. The number of hydrogen-bond donors (Lipinski definition) is 1. The third-order valence-corrected chi connectivity index (χ3v) is 3.26. The van der Waals surface area contributed by atoms with Crippen LogP contribution in [0.3, 0.4) is 0 Å². The fourth-order valence-corrected chi connectivity index (χ4v) is 2.37. The number of nitrogens with zero attached hydrogens (tertiary/aromatic N) is 2. The highest BCUT2D eigenvalue weighted by Gasteiger charge is 2.30. The average Bonchev–Trinajstić information content (AvgIpc) is 3.11. The van der Waals surface area contributed by atoms with Crippen LogP contribution in [0.1, 0.15) is 31.7 Å². The SMILES string of the molecule is CCCN(c1ncc(CNC)cc1Cl)C1CC1. The van der Waals surface area contributed by atoms with E-state index in [1.165, 1.54) is 12.8 Å². The lowest BCUT2D eigenvalue weighted by Gasteiger charge is -2.24. The van der Waals surface area contributed by atoms with Crippen molar-refractivity contribution in [3.8, 4) is 0 Å². The largest absolute Gasteiger partial charge is 0.352 e. The molecule has 1 aliphatic carbocycles. The molecule has 0 radical (unpaired) electrons. The first kappa shape index (κ1) is 12.7. The first-order chi connectivity index (χ1) is 8.26. The fraction of sp³-hybridized carbons (Fsp3) is 0.615. The van der Waals surface area contributed by atoms with Gasteiger partial charge in [0.05, 0.1) is 5.02 Å². The zero-order valence-electron chi connectivity index (χ0n) is 10.5. The topological polar surface area (TPSA) is 28.2 Å². The normalized spacial score (nSPS) is 15.0. The van der Waals surface area contributed by atoms with Crippen molar-refractivity contribution in [3.63, 3.8) is 0 Å². The van der Waals surface area contributed by atoms with Gasteiger partial charge in [-0.25, -0.2) is 4.98 Å². The maximum Gasteiger partial charge on any atom is 0.147 e. The minimum Gasteiger partial charge on any atom is -0.352 e.